The van der Waals surface area contributed by atoms with E-state index < -0.39 is 9.84 Å². The van der Waals surface area contributed by atoms with Crippen LogP contribution in [-0.2, 0) is 15.6 Å². The summed E-state index contributed by atoms with van der Waals surface area (Å²) >= 11 is 1.42. The lowest BCUT2D eigenvalue weighted by Crippen LogP contribution is -2.06. The molecule has 0 fully saturated rings. The van der Waals surface area contributed by atoms with E-state index in [9.17, 15) is 8.42 Å². The minimum atomic E-state index is -3.10. The number of hydrogen-bond donors (Lipinski definition) is 0. The highest BCUT2D eigenvalue weighted by atomic mass is 32.2. The maximum atomic E-state index is 11.5. The van der Waals surface area contributed by atoms with Gasteiger partial charge in [-0.15, -0.1) is 15.3 Å². The zero-order valence-electron chi connectivity index (χ0n) is 10.9. The summed E-state index contributed by atoms with van der Waals surface area (Å²) < 4.78 is 24.5. The van der Waals surface area contributed by atoms with Gasteiger partial charge in [0, 0.05) is 11.7 Å². The van der Waals surface area contributed by atoms with Gasteiger partial charge in [0.1, 0.15) is 5.01 Å². The molecule has 2 aromatic heterocycles. The van der Waals surface area contributed by atoms with Crippen molar-refractivity contribution >= 4 is 21.2 Å². The third-order valence-electron chi connectivity index (χ3n) is 2.47. The highest BCUT2D eigenvalue weighted by Crippen LogP contribution is 2.21. The van der Waals surface area contributed by atoms with Crippen molar-refractivity contribution < 1.29 is 8.42 Å². The normalized spacial score (nSPS) is 12.2. The molecule has 0 atom stereocenters. The van der Waals surface area contributed by atoms with E-state index in [4.69, 9.17) is 0 Å². The van der Waals surface area contributed by atoms with Crippen LogP contribution in [0, 0.1) is 0 Å². The topological polar surface area (TPSA) is 90.6 Å². The second kappa shape index (κ2) is 5.33. The van der Waals surface area contributed by atoms with Crippen LogP contribution in [0.4, 0.5) is 0 Å². The summed E-state index contributed by atoms with van der Waals surface area (Å²) in [6.45, 7) is 5.68. The summed E-state index contributed by atoms with van der Waals surface area (Å²) in [4.78, 5) is 0. The zero-order chi connectivity index (χ0) is 14.0. The highest BCUT2D eigenvalue weighted by Gasteiger charge is 2.15. The van der Waals surface area contributed by atoms with Crippen molar-refractivity contribution in [3.8, 4) is 5.13 Å². The molecule has 0 aliphatic rings. The fraction of sp³-hybridized carbons (Fsp3) is 0.600. The number of hydrogen-bond acceptors (Lipinski definition) is 7. The molecule has 0 unspecified atom stereocenters. The largest absolute Gasteiger partial charge is 0.234 e. The van der Waals surface area contributed by atoms with Crippen molar-refractivity contribution in [1.82, 2.24) is 25.2 Å². The predicted molar refractivity (Wildman–Crippen MR) is 72.1 cm³/mol. The van der Waals surface area contributed by atoms with E-state index >= 15 is 0 Å². The summed E-state index contributed by atoms with van der Waals surface area (Å²) in [7, 11) is -3.10. The molecule has 9 heteroatoms. The van der Waals surface area contributed by atoms with Crippen LogP contribution >= 0.6 is 11.3 Å². The molecular weight excluding hydrogens is 286 g/mol. The van der Waals surface area contributed by atoms with Crippen LogP contribution in [0.2, 0.25) is 0 Å². The summed E-state index contributed by atoms with van der Waals surface area (Å²) in [6.07, 6.45) is 1.58. The molecule has 104 valence electrons. The standard InChI is InChI=1S/C10H15N5O2S2/c1-4-19(16,17)6-8-5-15(14-11-8)10-13-12-9(18-10)7(2)3/h5,7H,4,6H2,1-3H3. The zero-order valence-corrected chi connectivity index (χ0v) is 12.6. The van der Waals surface area contributed by atoms with Crippen LogP contribution < -0.4 is 0 Å². The van der Waals surface area contributed by atoms with Gasteiger partial charge in [0.25, 0.3) is 0 Å². The average Bonchev–Trinajstić information content (AvgIpc) is 2.96. The Labute approximate surface area is 115 Å². The fourth-order valence-corrected chi connectivity index (χ4v) is 2.89. The van der Waals surface area contributed by atoms with Gasteiger partial charge >= 0.3 is 0 Å². The van der Waals surface area contributed by atoms with E-state index in [2.05, 4.69) is 20.5 Å². The van der Waals surface area contributed by atoms with Crippen LogP contribution in [0.15, 0.2) is 6.20 Å². The van der Waals surface area contributed by atoms with E-state index in [0.29, 0.717) is 16.7 Å². The summed E-state index contributed by atoms with van der Waals surface area (Å²) in [6, 6.07) is 0. The molecule has 0 saturated heterocycles. The summed E-state index contributed by atoms with van der Waals surface area (Å²) in [5.41, 5.74) is 0.420. The quantitative estimate of drug-likeness (QED) is 0.823. The number of sulfone groups is 1. The van der Waals surface area contributed by atoms with Crippen molar-refractivity contribution in [2.45, 2.75) is 32.4 Å². The van der Waals surface area contributed by atoms with E-state index in [1.165, 1.54) is 16.0 Å². The van der Waals surface area contributed by atoms with Crippen LogP contribution in [-0.4, -0.2) is 39.4 Å². The Morgan fingerprint density at radius 3 is 2.63 bits per heavy atom. The van der Waals surface area contributed by atoms with Gasteiger partial charge in [-0.2, -0.15) is 4.68 Å². The Bertz CT molecular complexity index is 659. The van der Waals surface area contributed by atoms with Crippen LogP contribution in [0.5, 0.6) is 0 Å². The van der Waals surface area contributed by atoms with Crippen molar-refractivity contribution in [1.29, 1.82) is 0 Å². The summed E-state index contributed by atoms with van der Waals surface area (Å²) in [5, 5.41) is 17.3. The Kier molecular flexibility index (Phi) is 3.95. The minimum absolute atomic E-state index is 0.0934. The lowest BCUT2D eigenvalue weighted by Gasteiger charge is -1.95. The molecule has 0 spiro atoms. The van der Waals surface area contributed by atoms with Crippen molar-refractivity contribution in [3.05, 3.63) is 16.9 Å². The van der Waals surface area contributed by atoms with Gasteiger partial charge in [-0.1, -0.05) is 37.3 Å². The molecule has 0 saturated carbocycles. The Morgan fingerprint density at radius 1 is 1.32 bits per heavy atom. The number of rotatable bonds is 5. The maximum absolute atomic E-state index is 11.5. The van der Waals surface area contributed by atoms with Crippen molar-refractivity contribution in [3.63, 3.8) is 0 Å². The van der Waals surface area contributed by atoms with Gasteiger partial charge in [-0.3, -0.25) is 0 Å². The molecular formula is C10H15N5O2S2. The first-order valence-corrected chi connectivity index (χ1v) is 8.50. The van der Waals surface area contributed by atoms with Gasteiger partial charge < -0.3 is 0 Å². The van der Waals surface area contributed by atoms with Gasteiger partial charge in [0.15, 0.2) is 9.84 Å². The van der Waals surface area contributed by atoms with Crippen LogP contribution in [0.1, 0.15) is 37.4 Å². The lowest BCUT2D eigenvalue weighted by atomic mass is 10.2. The third-order valence-corrected chi connectivity index (χ3v) is 5.30. The Hall–Kier alpha value is -1.35. The second-order valence-electron chi connectivity index (χ2n) is 4.41. The first-order chi connectivity index (χ1) is 8.91. The third kappa shape index (κ3) is 3.35. The molecule has 0 N–H and O–H groups in total. The van der Waals surface area contributed by atoms with Crippen molar-refractivity contribution in [2.24, 2.45) is 0 Å². The predicted octanol–water partition coefficient (Wildman–Crippen LogP) is 1.18. The number of nitrogens with zero attached hydrogens (tertiary/aromatic N) is 5. The molecule has 2 aromatic rings. The molecule has 0 aliphatic heterocycles. The molecule has 19 heavy (non-hydrogen) atoms. The van der Waals surface area contributed by atoms with Gasteiger partial charge in [-0.05, 0) is 0 Å². The van der Waals surface area contributed by atoms with Gasteiger partial charge in [-0.25, -0.2) is 8.42 Å². The first kappa shape index (κ1) is 14.1. The fourth-order valence-electron chi connectivity index (χ4n) is 1.34. The first-order valence-electron chi connectivity index (χ1n) is 5.86. The molecule has 7 nitrogen and oxygen atoms in total. The van der Waals surface area contributed by atoms with Crippen LogP contribution in [0.3, 0.4) is 0 Å². The van der Waals surface area contributed by atoms with Gasteiger partial charge in [0.2, 0.25) is 5.13 Å². The van der Waals surface area contributed by atoms with Gasteiger partial charge in [0.05, 0.1) is 17.6 Å². The van der Waals surface area contributed by atoms with Crippen molar-refractivity contribution in [2.75, 3.05) is 5.75 Å². The Balaban J connectivity index is 2.21. The Morgan fingerprint density at radius 2 is 2.05 bits per heavy atom. The molecule has 0 aromatic carbocycles. The second-order valence-corrected chi connectivity index (χ2v) is 7.75. The van der Waals surface area contributed by atoms with E-state index in [0.717, 1.165) is 5.01 Å². The highest BCUT2D eigenvalue weighted by molar-refractivity contribution is 7.90. The lowest BCUT2D eigenvalue weighted by molar-refractivity contribution is 0.595. The minimum Gasteiger partial charge on any atom is -0.228 e. The van der Waals surface area contributed by atoms with E-state index in [-0.39, 0.29) is 11.5 Å². The van der Waals surface area contributed by atoms with E-state index in [1.54, 1.807) is 13.1 Å². The monoisotopic (exact) mass is 301 g/mol. The summed E-state index contributed by atoms with van der Waals surface area (Å²) in [5.74, 6) is 0.296. The van der Waals surface area contributed by atoms with E-state index in [1.807, 2.05) is 13.8 Å². The number of aromatic nitrogens is 5. The SMILES string of the molecule is CCS(=O)(=O)Cc1cn(-c2nnc(C(C)C)s2)nn1. The average molecular weight is 301 g/mol. The molecule has 2 rings (SSSR count). The molecule has 0 bridgehead atoms. The van der Waals surface area contributed by atoms with Crippen LogP contribution in [0.25, 0.3) is 5.13 Å². The maximum Gasteiger partial charge on any atom is 0.234 e. The molecule has 0 amide bonds. The molecule has 2 heterocycles. The molecule has 0 radical (unpaired) electrons. The molecule has 0 aliphatic carbocycles. The smallest absolute Gasteiger partial charge is 0.228 e.